The summed E-state index contributed by atoms with van der Waals surface area (Å²) in [4.78, 5) is 16.0. The first-order valence-electron chi connectivity index (χ1n) is 6.61. The Morgan fingerprint density at radius 2 is 2.06 bits per heavy atom. The Morgan fingerprint density at radius 3 is 2.65 bits per heavy atom. The fourth-order valence-electron chi connectivity index (χ4n) is 2.54. The van der Waals surface area contributed by atoms with Gasteiger partial charge >= 0.3 is 0 Å². The molecule has 0 aromatic carbocycles. The second-order valence-corrected chi connectivity index (χ2v) is 4.86. The van der Waals surface area contributed by atoms with Gasteiger partial charge in [-0.1, -0.05) is 0 Å². The molecule has 0 bridgehead atoms. The number of piperazine rings is 1. The summed E-state index contributed by atoms with van der Waals surface area (Å²) < 4.78 is 5.63. The zero-order chi connectivity index (χ0) is 12.1. The van der Waals surface area contributed by atoms with Crippen LogP contribution in [-0.4, -0.2) is 67.7 Å². The van der Waals surface area contributed by atoms with Gasteiger partial charge in [-0.25, -0.2) is 0 Å². The van der Waals surface area contributed by atoms with E-state index in [1.54, 1.807) is 0 Å². The van der Waals surface area contributed by atoms with Gasteiger partial charge in [-0.3, -0.25) is 9.69 Å². The molecule has 1 amide bonds. The van der Waals surface area contributed by atoms with Crippen LogP contribution >= 0.6 is 0 Å². The molecule has 0 aromatic rings. The van der Waals surface area contributed by atoms with Crippen LogP contribution in [-0.2, 0) is 9.53 Å². The van der Waals surface area contributed by atoms with E-state index in [2.05, 4.69) is 4.90 Å². The van der Waals surface area contributed by atoms with E-state index in [0.717, 1.165) is 39.3 Å². The molecule has 1 atom stereocenters. The second kappa shape index (κ2) is 6.33. The van der Waals surface area contributed by atoms with Gasteiger partial charge in [0.1, 0.15) is 0 Å². The van der Waals surface area contributed by atoms with Crippen molar-refractivity contribution in [2.75, 3.05) is 45.9 Å². The zero-order valence-electron chi connectivity index (χ0n) is 10.4. The highest BCUT2D eigenvalue weighted by atomic mass is 16.5. The predicted molar refractivity (Wildman–Crippen MR) is 65.7 cm³/mol. The van der Waals surface area contributed by atoms with Gasteiger partial charge < -0.3 is 15.4 Å². The number of nitrogens with two attached hydrogens (primary N) is 1. The Balaban J connectivity index is 1.68. The van der Waals surface area contributed by atoms with Crippen LogP contribution in [0.25, 0.3) is 0 Å². The number of amides is 1. The number of hydrogen-bond acceptors (Lipinski definition) is 4. The third-order valence-corrected chi connectivity index (χ3v) is 3.57. The molecule has 98 valence electrons. The van der Waals surface area contributed by atoms with Crippen LogP contribution in [0.3, 0.4) is 0 Å². The van der Waals surface area contributed by atoms with E-state index in [0.29, 0.717) is 19.1 Å². The first-order valence-corrected chi connectivity index (χ1v) is 6.61. The van der Waals surface area contributed by atoms with Crippen molar-refractivity contribution >= 4 is 5.91 Å². The van der Waals surface area contributed by atoms with Crippen LogP contribution in [0, 0.1) is 0 Å². The molecule has 0 saturated carbocycles. The van der Waals surface area contributed by atoms with Crippen molar-refractivity contribution in [2.45, 2.75) is 25.4 Å². The maximum atomic E-state index is 11.7. The summed E-state index contributed by atoms with van der Waals surface area (Å²) in [6.45, 7) is 6.01. The molecular formula is C12H23N3O2. The van der Waals surface area contributed by atoms with Gasteiger partial charge in [-0.05, 0) is 12.8 Å². The molecule has 5 heteroatoms. The van der Waals surface area contributed by atoms with Crippen molar-refractivity contribution in [1.29, 1.82) is 0 Å². The first kappa shape index (κ1) is 12.8. The molecule has 0 radical (unpaired) electrons. The highest BCUT2D eigenvalue weighted by molar-refractivity contribution is 5.76. The monoisotopic (exact) mass is 241 g/mol. The molecule has 2 N–H and O–H groups in total. The summed E-state index contributed by atoms with van der Waals surface area (Å²) in [6, 6.07) is 0. The maximum absolute atomic E-state index is 11.7. The highest BCUT2D eigenvalue weighted by Gasteiger charge is 2.24. The van der Waals surface area contributed by atoms with Crippen LogP contribution in [0.2, 0.25) is 0 Å². The average molecular weight is 241 g/mol. The van der Waals surface area contributed by atoms with Gasteiger partial charge in [0, 0.05) is 52.3 Å². The maximum Gasteiger partial charge on any atom is 0.223 e. The van der Waals surface area contributed by atoms with E-state index in [9.17, 15) is 4.79 Å². The Bertz CT molecular complexity index is 246. The zero-order valence-corrected chi connectivity index (χ0v) is 10.4. The molecule has 2 fully saturated rings. The number of carbonyl (C=O) groups is 1. The smallest absolute Gasteiger partial charge is 0.223 e. The van der Waals surface area contributed by atoms with Crippen molar-refractivity contribution in [3.8, 4) is 0 Å². The minimum absolute atomic E-state index is 0.198. The minimum atomic E-state index is 0.198. The highest BCUT2D eigenvalue weighted by Crippen LogP contribution is 2.14. The quantitative estimate of drug-likeness (QED) is 0.731. The lowest BCUT2D eigenvalue weighted by molar-refractivity contribution is -0.132. The van der Waals surface area contributed by atoms with Crippen molar-refractivity contribution in [3.63, 3.8) is 0 Å². The van der Waals surface area contributed by atoms with Crippen molar-refractivity contribution in [2.24, 2.45) is 5.73 Å². The molecule has 0 aliphatic carbocycles. The summed E-state index contributed by atoms with van der Waals surface area (Å²) >= 11 is 0. The largest absolute Gasteiger partial charge is 0.377 e. The molecule has 2 aliphatic rings. The van der Waals surface area contributed by atoms with Gasteiger partial charge in [0.15, 0.2) is 0 Å². The fraction of sp³-hybridized carbons (Fsp3) is 0.917. The average Bonchev–Trinajstić information content (AvgIpc) is 2.83. The van der Waals surface area contributed by atoms with E-state index in [1.807, 2.05) is 4.90 Å². The van der Waals surface area contributed by atoms with Gasteiger partial charge in [-0.15, -0.1) is 0 Å². The van der Waals surface area contributed by atoms with E-state index < -0.39 is 0 Å². The SMILES string of the molecule is NCCC(=O)N1CCN(C[C@H]2CCCO2)CC1. The van der Waals surface area contributed by atoms with Crippen LogP contribution < -0.4 is 5.73 Å². The lowest BCUT2D eigenvalue weighted by Crippen LogP contribution is -2.50. The van der Waals surface area contributed by atoms with Gasteiger partial charge in [0.25, 0.3) is 0 Å². The number of carbonyl (C=O) groups excluding carboxylic acids is 1. The number of hydrogen-bond donors (Lipinski definition) is 1. The Labute approximate surface area is 103 Å². The normalized spacial score (nSPS) is 26.4. The van der Waals surface area contributed by atoms with Crippen molar-refractivity contribution < 1.29 is 9.53 Å². The van der Waals surface area contributed by atoms with Crippen LogP contribution in [0.1, 0.15) is 19.3 Å². The summed E-state index contributed by atoms with van der Waals surface area (Å²) in [6.07, 6.45) is 3.28. The summed E-state index contributed by atoms with van der Waals surface area (Å²) in [5.74, 6) is 0.198. The summed E-state index contributed by atoms with van der Waals surface area (Å²) in [7, 11) is 0. The molecule has 17 heavy (non-hydrogen) atoms. The van der Waals surface area contributed by atoms with Crippen molar-refractivity contribution in [3.05, 3.63) is 0 Å². The van der Waals surface area contributed by atoms with Gasteiger partial charge in [0.2, 0.25) is 5.91 Å². The van der Waals surface area contributed by atoms with E-state index in [4.69, 9.17) is 10.5 Å². The predicted octanol–water partition coefficient (Wildman–Crippen LogP) is -0.342. The third kappa shape index (κ3) is 3.66. The lowest BCUT2D eigenvalue weighted by atomic mass is 10.2. The topological polar surface area (TPSA) is 58.8 Å². The Kier molecular flexibility index (Phi) is 4.76. The fourth-order valence-corrected chi connectivity index (χ4v) is 2.54. The second-order valence-electron chi connectivity index (χ2n) is 4.86. The Morgan fingerprint density at radius 1 is 1.29 bits per heavy atom. The van der Waals surface area contributed by atoms with E-state index in [-0.39, 0.29) is 5.91 Å². The molecule has 0 aromatic heterocycles. The number of nitrogens with zero attached hydrogens (tertiary/aromatic N) is 2. The van der Waals surface area contributed by atoms with E-state index >= 15 is 0 Å². The molecule has 0 spiro atoms. The van der Waals surface area contributed by atoms with Gasteiger partial charge in [-0.2, -0.15) is 0 Å². The van der Waals surface area contributed by atoms with Crippen LogP contribution in [0.5, 0.6) is 0 Å². The molecule has 2 heterocycles. The van der Waals surface area contributed by atoms with Gasteiger partial charge in [0.05, 0.1) is 6.10 Å². The van der Waals surface area contributed by atoms with Crippen LogP contribution in [0.4, 0.5) is 0 Å². The molecule has 2 saturated heterocycles. The first-order chi connectivity index (χ1) is 8.29. The molecule has 5 nitrogen and oxygen atoms in total. The molecule has 2 aliphatic heterocycles. The summed E-state index contributed by atoms with van der Waals surface area (Å²) in [5.41, 5.74) is 5.40. The third-order valence-electron chi connectivity index (χ3n) is 3.57. The lowest BCUT2D eigenvalue weighted by Gasteiger charge is -2.35. The van der Waals surface area contributed by atoms with Crippen molar-refractivity contribution in [1.82, 2.24) is 9.80 Å². The molecule has 0 unspecified atom stereocenters. The molecular weight excluding hydrogens is 218 g/mol. The number of rotatable bonds is 4. The minimum Gasteiger partial charge on any atom is -0.377 e. The van der Waals surface area contributed by atoms with Crippen LogP contribution in [0.15, 0.2) is 0 Å². The summed E-state index contributed by atoms with van der Waals surface area (Å²) in [5, 5.41) is 0. The van der Waals surface area contributed by atoms with E-state index in [1.165, 1.54) is 12.8 Å². The molecule has 2 rings (SSSR count). The Hall–Kier alpha value is -0.650. The number of ether oxygens (including phenoxy) is 1. The standard InChI is InChI=1S/C12H23N3O2/c13-4-3-12(16)15-7-5-14(6-8-15)10-11-2-1-9-17-11/h11H,1-10,13H2/t11-/m1/s1.